The second kappa shape index (κ2) is 8.25. The highest BCUT2D eigenvalue weighted by molar-refractivity contribution is 7.91. The van der Waals surface area contributed by atoms with E-state index < -0.39 is 26.9 Å². The lowest BCUT2D eigenvalue weighted by Gasteiger charge is -2.33. The largest absolute Gasteiger partial charge is 0.494 e. The third-order valence-electron chi connectivity index (χ3n) is 4.47. The number of nitro groups is 1. The minimum absolute atomic E-state index is 0.131. The Morgan fingerprint density at radius 1 is 1.36 bits per heavy atom. The van der Waals surface area contributed by atoms with Gasteiger partial charge in [0.05, 0.1) is 23.8 Å². The standard InChI is InChI=1S/C17H19N3O6S2/c1-26-15-11-12(20(22)23)7-8-13(15)18-17(21)14-5-2-3-9-19(14)28(24,25)16-6-4-10-27-16/h4,6-8,10-11,14H,2-3,5,9H2,1H3,(H,18,21). The van der Waals surface area contributed by atoms with Crippen LogP contribution in [0.25, 0.3) is 0 Å². The fourth-order valence-electron chi connectivity index (χ4n) is 3.09. The molecule has 1 atom stereocenters. The molecule has 1 N–H and O–H groups in total. The molecule has 0 bridgehead atoms. The van der Waals surface area contributed by atoms with E-state index in [1.54, 1.807) is 11.4 Å². The number of ether oxygens (including phenoxy) is 1. The highest BCUT2D eigenvalue weighted by atomic mass is 32.2. The van der Waals surface area contributed by atoms with Crippen LogP contribution in [-0.2, 0) is 14.8 Å². The van der Waals surface area contributed by atoms with Crippen LogP contribution in [-0.4, -0.2) is 43.2 Å². The van der Waals surface area contributed by atoms with Crippen LogP contribution in [0.1, 0.15) is 19.3 Å². The van der Waals surface area contributed by atoms with Crippen molar-refractivity contribution < 1.29 is 22.9 Å². The lowest BCUT2D eigenvalue weighted by atomic mass is 10.0. The highest BCUT2D eigenvalue weighted by Gasteiger charge is 2.38. The number of nitrogens with zero attached hydrogens (tertiary/aromatic N) is 2. The Hall–Kier alpha value is -2.50. The van der Waals surface area contributed by atoms with Gasteiger partial charge in [0.2, 0.25) is 5.91 Å². The van der Waals surface area contributed by atoms with Crippen LogP contribution in [0.5, 0.6) is 5.75 Å². The van der Waals surface area contributed by atoms with Crippen LogP contribution >= 0.6 is 11.3 Å². The SMILES string of the molecule is COc1cc([N+](=O)[O-])ccc1NC(=O)C1CCCCN1S(=O)(=O)c1cccs1. The first-order chi connectivity index (χ1) is 13.3. The second-order valence-electron chi connectivity index (χ2n) is 6.19. The molecule has 28 heavy (non-hydrogen) atoms. The summed E-state index contributed by atoms with van der Waals surface area (Å²) < 4.78 is 32.4. The quantitative estimate of drug-likeness (QED) is 0.561. The van der Waals surface area contributed by atoms with Gasteiger partial charge in [-0.3, -0.25) is 14.9 Å². The summed E-state index contributed by atoms with van der Waals surface area (Å²) in [7, 11) is -2.43. The van der Waals surface area contributed by atoms with E-state index in [1.165, 1.54) is 35.7 Å². The zero-order valence-corrected chi connectivity index (χ0v) is 16.7. The van der Waals surface area contributed by atoms with Crippen molar-refractivity contribution in [2.45, 2.75) is 29.5 Å². The Balaban J connectivity index is 1.85. The number of carbonyl (C=O) groups is 1. The summed E-state index contributed by atoms with van der Waals surface area (Å²) in [6.45, 7) is 0.260. The number of hydrogen-bond acceptors (Lipinski definition) is 7. The first-order valence-electron chi connectivity index (χ1n) is 8.53. The number of non-ortho nitro benzene ring substituents is 1. The molecule has 1 aliphatic rings. The van der Waals surface area contributed by atoms with Gasteiger partial charge in [0.1, 0.15) is 16.0 Å². The third kappa shape index (κ3) is 4.01. The fourth-order valence-corrected chi connectivity index (χ4v) is 5.87. The first kappa shape index (κ1) is 20.2. The summed E-state index contributed by atoms with van der Waals surface area (Å²) >= 11 is 1.11. The van der Waals surface area contributed by atoms with Gasteiger partial charge in [0.25, 0.3) is 15.7 Å². The van der Waals surface area contributed by atoms with Crippen LogP contribution in [0.4, 0.5) is 11.4 Å². The van der Waals surface area contributed by atoms with E-state index in [1.807, 2.05) is 0 Å². The molecular formula is C17H19N3O6S2. The van der Waals surface area contributed by atoms with Crippen LogP contribution < -0.4 is 10.1 Å². The molecular weight excluding hydrogens is 406 g/mol. The molecule has 150 valence electrons. The number of rotatable bonds is 6. The van der Waals surface area contributed by atoms with Gasteiger partial charge < -0.3 is 10.1 Å². The molecule has 0 aliphatic carbocycles. The molecule has 3 rings (SSSR count). The average Bonchev–Trinajstić information content (AvgIpc) is 3.23. The van der Waals surface area contributed by atoms with Crippen molar-refractivity contribution in [1.29, 1.82) is 0 Å². The van der Waals surface area contributed by atoms with Crippen molar-refractivity contribution in [2.24, 2.45) is 0 Å². The maximum atomic E-state index is 12.9. The Morgan fingerprint density at radius 2 is 2.14 bits per heavy atom. The van der Waals surface area contributed by atoms with Gasteiger partial charge in [-0.25, -0.2) is 8.42 Å². The zero-order chi connectivity index (χ0) is 20.3. The number of methoxy groups -OCH3 is 1. The predicted molar refractivity (Wildman–Crippen MR) is 104 cm³/mol. The Kier molecular flexibility index (Phi) is 5.96. The van der Waals surface area contributed by atoms with Gasteiger partial charge in [-0.15, -0.1) is 11.3 Å². The van der Waals surface area contributed by atoms with E-state index in [2.05, 4.69) is 5.32 Å². The van der Waals surface area contributed by atoms with Crippen LogP contribution in [0, 0.1) is 10.1 Å². The number of benzene rings is 1. The molecule has 2 heterocycles. The van der Waals surface area contributed by atoms with E-state index >= 15 is 0 Å². The monoisotopic (exact) mass is 425 g/mol. The Bertz CT molecular complexity index is 975. The van der Waals surface area contributed by atoms with Crippen molar-refractivity contribution >= 4 is 38.6 Å². The van der Waals surface area contributed by atoms with Crippen molar-refractivity contribution in [1.82, 2.24) is 4.31 Å². The van der Waals surface area contributed by atoms with E-state index in [0.717, 1.165) is 17.8 Å². The van der Waals surface area contributed by atoms with Gasteiger partial charge in [-0.1, -0.05) is 12.5 Å². The van der Waals surface area contributed by atoms with Gasteiger partial charge in [0.15, 0.2) is 0 Å². The van der Waals surface area contributed by atoms with Crippen LogP contribution in [0.15, 0.2) is 39.9 Å². The number of thiophene rings is 1. The second-order valence-corrected chi connectivity index (χ2v) is 9.26. The summed E-state index contributed by atoms with van der Waals surface area (Å²) in [6, 6.07) is 6.13. The molecule has 1 aliphatic heterocycles. The number of nitrogens with one attached hydrogen (secondary N) is 1. The number of amides is 1. The Morgan fingerprint density at radius 3 is 2.79 bits per heavy atom. The maximum Gasteiger partial charge on any atom is 0.273 e. The first-order valence-corrected chi connectivity index (χ1v) is 10.8. The normalized spacial score (nSPS) is 17.8. The summed E-state index contributed by atoms with van der Waals surface area (Å²) in [4.78, 5) is 23.2. The van der Waals surface area contributed by atoms with Crippen LogP contribution in [0.2, 0.25) is 0 Å². The molecule has 1 saturated heterocycles. The topological polar surface area (TPSA) is 119 Å². The molecule has 9 nitrogen and oxygen atoms in total. The third-order valence-corrected chi connectivity index (χ3v) is 7.75. The number of anilines is 1. The molecule has 1 unspecified atom stereocenters. The van der Waals surface area contributed by atoms with E-state index in [-0.39, 0.29) is 27.9 Å². The van der Waals surface area contributed by atoms with Crippen molar-refractivity contribution in [3.8, 4) is 5.75 Å². The summed E-state index contributed by atoms with van der Waals surface area (Å²) in [5, 5.41) is 15.2. The van der Waals surface area contributed by atoms with Gasteiger partial charge >= 0.3 is 0 Å². The smallest absolute Gasteiger partial charge is 0.273 e. The number of carbonyl (C=O) groups excluding carboxylic acids is 1. The number of nitro benzene ring substituents is 1. The summed E-state index contributed by atoms with van der Waals surface area (Å²) in [5.41, 5.74) is 0.0755. The maximum absolute atomic E-state index is 12.9. The van der Waals surface area contributed by atoms with Crippen molar-refractivity contribution in [2.75, 3.05) is 19.0 Å². The molecule has 2 aromatic rings. The lowest BCUT2D eigenvalue weighted by Crippen LogP contribution is -2.49. The molecule has 0 radical (unpaired) electrons. The molecule has 1 amide bonds. The highest BCUT2D eigenvalue weighted by Crippen LogP contribution is 2.32. The molecule has 11 heteroatoms. The Labute approximate surface area is 166 Å². The fraction of sp³-hybridized carbons (Fsp3) is 0.353. The number of piperidine rings is 1. The minimum Gasteiger partial charge on any atom is -0.494 e. The average molecular weight is 425 g/mol. The summed E-state index contributed by atoms with van der Waals surface area (Å²) in [5.74, 6) is -0.363. The van der Waals surface area contributed by atoms with Crippen molar-refractivity contribution in [3.05, 3.63) is 45.8 Å². The molecule has 1 fully saturated rings. The molecule has 1 aromatic heterocycles. The molecule has 0 saturated carbocycles. The van der Waals surface area contributed by atoms with E-state index in [0.29, 0.717) is 12.8 Å². The van der Waals surface area contributed by atoms with Crippen LogP contribution in [0.3, 0.4) is 0 Å². The van der Waals surface area contributed by atoms with Crippen molar-refractivity contribution in [3.63, 3.8) is 0 Å². The number of hydrogen-bond donors (Lipinski definition) is 1. The van der Waals surface area contributed by atoms with E-state index in [4.69, 9.17) is 4.74 Å². The zero-order valence-electron chi connectivity index (χ0n) is 15.0. The van der Waals surface area contributed by atoms with E-state index in [9.17, 15) is 23.3 Å². The molecule has 0 spiro atoms. The van der Waals surface area contributed by atoms with Gasteiger partial charge in [0, 0.05) is 12.6 Å². The summed E-state index contributed by atoms with van der Waals surface area (Å²) in [6.07, 6.45) is 1.80. The number of sulfonamides is 1. The lowest BCUT2D eigenvalue weighted by molar-refractivity contribution is -0.384. The minimum atomic E-state index is -3.77. The van der Waals surface area contributed by atoms with Gasteiger partial charge in [-0.05, 0) is 30.4 Å². The van der Waals surface area contributed by atoms with Gasteiger partial charge in [-0.2, -0.15) is 4.31 Å². The predicted octanol–water partition coefficient (Wildman–Crippen LogP) is 2.85. The molecule has 1 aromatic carbocycles.